The minimum Gasteiger partial charge on any atom is -0.358 e. The van der Waals surface area contributed by atoms with E-state index in [0.717, 1.165) is 36.9 Å². The molecule has 1 aromatic carbocycles. The zero-order valence-corrected chi connectivity index (χ0v) is 14.8. The van der Waals surface area contributed by atoms with Gasteiger partial charge in [0.15, 0.2) is 4.34 Å². The summed E-state index contributed by atoms with van der Waals surface area (Å²) in [5.41, 5.74) is 4.58. The normalized spacial score (nSPS) is 10.7. The molecule has 0 spiro atoms. The Hall–Kier alpha value is -2.89. The van der Waals surface area contributed by atoms with Crippen LogP contribution in [0.2, 0.25) is 0 Å². The highest BCUT2D eigenvalue weighted by atomic mass is 32.2. The molecule has 0 saturated heterocycles. The Morgan fingerprint density at radius 1 is 1.24 bits per heavy atom. The quantitative estimate of drug-likeness (QED) is 0.522. The van der Waals surface area contributed by atoms with Gasteiger partial charge in [0.25, 0.3) is 0 Å². The minimum absolute atomic E-state index is 0.655. The Morgan fingerprint density at radius 3 is 2.96 bits per heavy atom. The van der Waals surface area contributed by atoms with Crippen LogP contribution in [0.1, 0.15) is 11.1 Å². The zero-order valence-electron chi connectivity index (χ0n) is 13.1. The van der Waals surface area contributed by atoms with Crippen LogP contribution in [-0.2, 0) is 0 Å². The van der Waals surface area contributed by atoms with Gasteiger partial charge in [-0.05, 0) is 24.6 Å². The fourth-order valence-electron chi connectivity index (χ4n) is 2.57. The maximum atomic E-state index is 9.25. The Labute approximate surface area is 152 Å². The van der Waals surface area contributed by atoms with E-state index in [4.69, 9.17) is 0 Å². The van der Waals surface area contributed by atoms with E-state index in [1.807, 2.05) is 31.3 Å². The predicted octanol–water partition coefficient (Wildman–Crippen LogP) is 4.38. The van der Waals surface area contributed by atoms with Gasteiger partial charge >= 0.3 is 0 Å². The Balaban J connectivity index is 1.58. The van der Waals surface area contributed by atoms with Crippen LogP contribution in [0, 0.1) is 18.3 Å². The Morgan fingerprint density at radius 2 is 2.16 bits per heavy atom. The number of rotatable bonds is 4. The van der Waals surface area contributed by atoms with E-state index in [-0.39, 0.29) is 0 Å². The molecule has 4 rings (SSSR count). The maximum absolute atomic E-state index is 9.25. The summed E-state index contributed by atoms with van der Waals surface area (Å²) in [6.07, 6.45) is 6.97. The summed E-state index contributed by atoms with van der Waals surface area (Å²) in [4.78, 5) is 8.66. The van der Waals surface area contributed by atoms with E-state index in [2.05, 4.69) is 31.0 Å². The molecule has 0 aliphatic rings. The number of aryl methyl sites for hydroxylation is 1. The Kier molecular flexibility index (Phi) is 4.09. The lowest BCUT2D eigenvalue weighted by atomic mass is 10.1. The van der Waals surface area contributed by atoms with Crippen molar-refractivity contribution in [1.29, 1.82) is 5.26 Å². The highest BCUT2D eigenvalue weighted by Gasteiger charge is 2.11. The van der Waals surface area contributed by atoms with Gasteiger partial charge in [-0.1, -0.05) is 6.07 Å². The molecule has 0 fully saturated rings. The first-order valence-electron chi connectivity index (χ1n) is 7.43. The van der Waals surface area contributed by atoms with Crippen LogP contribution in [-0.4, -0.2) is 20.2 Å². The number of H-pyrrole nitrogens is 1. The predicted molar refractivity (Wildman–Crippen MR) is 100 cm³/mol. The molecule has 0 bridgehead atoms. The van der Waals surface area contributed by atoms with Gasteiger partial charge in [0.1, 0.15) is 6.07 Å². The molecule has 0 unspecified atom stereocenters. The van der Waals surface area contributed by atoms with Gasteiger partial charge in [-0.15, -0.1) is 11.3 Å². The van der Waals surface area contributed by atoms with Gasteiger partial charge in [0, 0.05) is 35.3 Å². The summed E-state index contributed by atoms with van der Waals surface area (Å²) in [7, 11) is 0. The topological polar surface area (TPSA) is 90.3 Å². The third-order valence-corrected chi connectivity index (χ3v) is 5.71. The molecule has 122 valence electrons. The number of anilines is 1. The molecular formula is C17H12N6S2. The number of aromatic nitrogens is 4. The number of nitrogens with one attached hydrogen (secondary N) is 2. The second-order valence-corrected chi connectivity index (χ2v) is 7.40. The second kappa shape index (κ2) is 6.55. The van der Waals surface area contributed by atoms with Crippen molar-refractivity contribution in [1.82, 2.24) is 20.2 Å². The highest BCUT2D eigenvalue weighted by Crippen LogP contribution is 2.34. The van der Waals surface area contributed by atoms with E-state index < -0.39 is 0 Å². The summed E-state index contributed by atoms with van der Waals surface area (Å²) in [6.45, 7) is 2.00. The Bertz CT molecular complexity index is 1080. The van der Waals surface area contributed by atoms with E-state index in [1.165, 1.54) is 11.9 Å². The first kappa shape index (κ1) is 15.6. The molecule has 0 radical (unpaired) electrons. The third kappa shape index (κ3) is 2.95. The lowest BCUT2D eigenvalue weighted by Gasteiger charge is -2.06. The van der Waals surface area contributed by atoms with E-state index >= 15 is 0 Å². The summed E-state index contributed by atoms with van der Waals surface area (Å²) >= 11 is 3.03. The molecule has 4 aromatic rings. The number of hydrogen-bond donors (Lipinski definition) is 2. The van der Waals surface area contributed by atoms with Gasteiger partial charge in [0.05, 0.1) is 34.0 Å². The standard InChI is InChI=1S/C17H12N6S2/c1-10-2-3-13(16-15(10)12(6-18)7-19-16)23-25-17-20-9-14(24-17)11-4-5-21-22-8-11/h2-5,7-9,19,23H,1H3. The number of hydrogen-bond acceptors (Lipinski definition) is 7. The van der Waals surface area contributed by atoms with Crippen molar-refractivity contribution in [2.24, 2.45) is 0 Å². The van der Waals surface area contributed by atoms with Crippen molar-refractivity contribution in [3.8, 4) is 16.5 Å². The van der Waals surface area contributed by atoms with Crippen molar-refractivity contribution in [2.75, 3.05) is 4.72 Å². The fourth-order valence-corrected chi connectivity index (χ4v) is 4.24. The summed E-state index contributed by atoms with van der Waals surface area (Å²) in [5.74, 6) is 0. The van der Waals surface area contributed by atoms with E-state index in [9.17, 15) is 5.26 Å². The van der Waals surface area contributed by atoms with Gasteiger partial charge < -0.3 is 9.71 Å². The largest absolute Gasteiger partial charge is 0.358 e. The highest BCUT2D eigenvalue weighted by molar-refractivity contribution is 8.02. The number of thiazole rings is 1. The number of benzene rings is 1. The van der Waals surface area contributed by atoms with E-state index in [0.29, 0.717) is 5.56 Å². The molecule has 6 nitrogen and oxygen atoms in total. The molecule has 3 aromatic heterocycles. The molecule has 3 heterocycles. The first-order valence-corrected chi connectivity index (χ1v) is 9.06. The third-order valence-electron chi connectivity index (χ3n) is 3.77. The zero-order chi connectivity index (χ0) is 17.2. The lowest BCUT2D eigenvalue weighted by molar-refractivity contribution is 1.03. The minimum atomic E-state index is 0.655. The molecule has 0 atom stereocenters. The molecule has 25 heavy (non-hydrogen) atoms. The summed E-state index contributed by atoms with van der Waals surface area (Å²) in [6, 6.07) is 8.15. The van der Waals surface area contributed by atoms with Gasteiger partial charge in [-0.3, -0.25) is 0 Å². The maximum Gasteiger partial charge on any atom is 0.171 e. The SMILES string of the molecule is Cc1ccc(NSc2ncc(-c3ccnnc3)s2)c2[nH]cc(C#N)c12. The van der Waals surface area contributed by atoms with Crippen molar-refractivity contribution in [3.63, 3.8) is 0 Å². The van der Waals surface area contributed by atoms with Crippen LogP contribution in [0.3, 0.4) is 0 Å². The van der Waals surface area contributed by atoms with Crippen LogP contribution >= 0.6 is 23.3 Å². The van der Waals surface area contributed by atoms with Gasteiger partial charge in [-0.25, -0.2) is 4.98 Å². The van der Waals surface area contributed by atoms with Crippen molar-refractivity contribution in [3.05, 3.63) is 54.1 Å². The first-order chi connectivity index (χ1) is 12.3. The monoisotopic (exact) mass is 364 g/mol. The molecule has 8 heteroatoms. The number of fused-ring (bicyclic) bond motifs is 1. The van der Waals surface area contributed by atoms with Crippen LogP contribution in [0.15, 0.2) is 47.3 Å². The lowest BCUT2D eigenvalue weighted by Crippen LogP contribution is -1.89. The van der Waals surface area contributed by atoms with Crippen molar-refractivity contribution < 1.29 is 0 Å². The molecule has 0 amide bonds. The van der Waals surface area contributed by atoms with Crippen LogP contribution in [0.25, 0.3) is 21.3 Å². The smallest absolute Gasteiger partial charge is 0.171 e. The number of nitriles is 1. The van der Waals surface area contributed by atoms with Crippen LogP contribution in [0.4, 0.5) is 5.69 Å². The van der Waals surface area contributed by atoms with Gasteiger partial charge in [0.2, 0.25) is 0 Å². The van der Waals surface area contributed by atoms with E-state index in [1.54, 1.807) is 29.9 Å². The van der Waals surface area contributed by atoms with Crippen molar-refractivity contribution in [2.45, 2.75) is 11.3 Å². The van der Waals surface area contributed by atoms with Crippen molar-refractivity contribution >= 4 is 39.9 Å². The van der Waals surface area contributed by atoms with Crippen LogP contribution < -0.4 is 4.72 Å². The summed E-state index contributed by atoms with van der Waals surface area (Å²) in [5, 5.41) is 17.9. The average Bonchev–Trinajstić information content (AvgIpc) is 3.29. The van der Waals surface area contributed by atoms with Gasteiger partial charge in [-0.2, -0.15) is 15.5 Å². The molecule has 0 saturated carbocycles. The van der Waals surface area contributed by atoms with Crippen LogP contribution in [0.5, 0.6) is 0 Å². The fraction of sp³-hybridized carbons (Fsp3) is 0.0588. The molecule has 2 N–H and O–H groups in total. The average molecular weight is 364 g/mol. The second-order valence-electron chi connectivity index (χ2n) is 5.32. The molecular weight excluding hydrogens is 352 g/mol. The summed E-state index contributed by atoms with van der Waals surface area (Å²) < 4.78 is 4.23. The molecule has 0 aliphatic carbocycles. The number of nitrogens with zero attached hydrogens (tertiary/aromatic N) is 4. The number of aromatic amines is 1. The molecule has 0 aliphatic heterocycles.